The van der Waals surface area contributed by atoms with Gasteiger partial charge >= 0.3 is 11.9 Å². The predicted octanol–water partition coefficient (Wildman–Crippen LogP) is 2.62. The van der Waals surface area contributed by atoms with Crippen molar-refractivity contribution < 1.29 is 22.9 Å². The maximum Gasteiger partial charge on any atom is 0.416 e. The van der Waals surface area contributed by atoms with Crippen LogP contribution in [0.3, 0.4) is 0 Å². The van der Waals surface area contributed by atoms with Crippen LogP contribution in [-0.4, -0.2) is 27.1 Å². The molecule has 0 aliphatic heterocycles. The number of H-pyrrole nitrogens is 1. The summed E-state index contributed by atoms with van der Waals surface area (Å²) in [5.74, 6) is -1.25. The molecule has 0 bridgehead atoms. The van der Waals surface area contributed by atoms with Gasteiger partial charge in [0.2, 0.25) is 5.69 Å². The minimum atomic E-state index is -4.48. The van der Waals surface area contributed by atoms with Gasteiger partial charge in [-0.25, -0.2) is 0 Å². The summed E-state index contributed by atoms with van der Waals surface area (Å²) in [6, 6.07) is 4.66. The van der Waals surface area contributed by atoms with Crippen molar-refractivity contribution >= 4 is 11.6 Å². The zero-order valence-electron chi connectivity index (χ0n) is 12.0. The molecule has 0 radical (unpaired) electrons. The normalized spacial score (nSPS) is 19.8. The number of aromatic nitrogens is 2. The highest BCUT2D eigenvalue weighted by Crippen LogP contribution is 2.46. The van der Waals surface area contributed by atoms with Gasteiger partial charge in [-0.15, -0.1) is 0 Å². The maximum atomic E-state index is 13.0. The number of halogens is 3. The molecule has 7 nitrogen and oxygen atoms in total. The van der Waals surface area contributed by atoms with E-state index in [1.165, 1.54) is 18.2 Å². The number of hydrogen-bond donors (Lipinski definition) is 2. The molecule has 0 saturated heterocycles. The monoisotopic (exact) mass is 340 g/mol. The van der Waals surface area contributed by atoms with E-state index in [9.17, 15) is 28.1 Å². The number of nitro groups is 1. The molecule has 1 aromatic carbocycles. The Morgan fingerprint density at radius 2 is 2.08 bits per heavy atom. The van der Waals surface area contributed by atoms with Crippen molar-refractivity contribution in [3.8, 4) is 0 Å². The molecule has 2 N–H and O–H groups in total. The third-order valence-electron chi connectivity index (χ3n) is 3.82. The number of hydrogen-bond acceptors (Lipinski definition) is 4. The zero-order chi connectivity index (χ0) is 17.5. The smallest absolute Gasteiger partial charge is 0.347 e. The molecular formula is C14H11F3N4O3. The second-order valence-corrected chi connectivity index (χ2v) is 5.39. The lowest BCUT2D eigenvalue weighted by Crippen LogP contribution is -2.27. The fourth-order valence-corrected chi connectivity index (χ4v) is 2.60. The van der Waals surface area contributed by atoms with Crippen LogP contribution in [0.5, 0.6) is 0 Å². The second kappa shape index (κ2) is 5.62. The number of carbonyl (C=O) groups is 1. The van der Waals surface area contributed by atoms with Crippen molar-refractivity contribution in [2.24, 2.45) is 0 Å². The van der Waals surface area contributed by atoms with Crippen LogP contribution in [0.2, 0.25) is 0 Å². The molecule has 1 aromatic heterocycles. The molecule has 2 aromatic rings. The van der Waals surface area contributed by atoms with Gasteiger partial charge in [0.05, 0.1) is 10.5 Å². The molecule has 3 rings (SSSR count). The number of nitrogens with zero attached hydrogens (tertiary/aromatic N) is 2. The lowest BCUT2D eigenvalue weighted by atomic mass is 10.0. The van der Waals surface area contributed by atoms with E-state index in [0.717, 1.165) is 12.3 Å². The number of rotatable bonds is 4. The molecule has 1 aliphatic carbocycles. The van der Waals surface area contributed by atoms with Crippen LogP contribution in [0, 0.1) is 10.1 Å². The summed E-state index contributed by atoms with van der Waals surface area (Å²) in [5.41, 5.74) is -1.44. The van der Waals surface area contributed by atoms with Crippen LogP contribution >= 0.6 is 0 Å². The van der Waals surface area contributed by atoms with Gasteiger partial charge in [-0.05, 0) is 18.1 Å². The number of carbonyl (C=O) groups excluding carboxylic acids is 1. The van der Waals surface area contributed by atoms with Gasteiger partial charge in [0.25, 0.3) is 5.91 Å². The molecule has 2 atom stereocenters. The number of amides is 1. The van der Waals surface area contributed by atoms with Gasteiger partial charge in [-0.2, -0.15) is 18.3 Å². The number of benzene rings is 1. The highest BCUT2D eigenvalue weighted by molar-refractivity contribution is 5.96. The van der Waals surface area contributed by atoms with Crippen LogP contribution in [0.15, 0.2) is 30.5 Å². The van der Waals surface area contributed by atoms with E-state index >= 15 is 0 Å². The molecule has 0 unspecified atom stereocenters. The molecule has 1 fully saturated rings. The van der Waals surface area contributed by atoms with Crippen molar-refractivity contribution in [2.45, 2.75) is 24.6 Å². The average Bonchev–Trinajstić information content (AvgIpc) is 3.08. The number of nitrogens with one attached hydrogen (secondary N) is 2. The van der Waals surface area contributed by atoms with Crippen LogP contribution in [-0.2, 0) is 6.18 Å². The summed E-state index contributed by atoms with van der Waals surface area (Å²) >= 11 is 0. The van der Waals surface area contributed by atoms with Crippen molar-refractivity contribution in [3.63, 3.8) is 0 Å². The van der Waals surface area contributed by atoms with Crippen LogP contribution in [0.4, 0.5) is 18.9 Å². The largest absolute Gasteiger partial charge is 0.416 e. The van der Waals surface area contributed by atoms with Crippen molar-refractivity contribution in [2.75, 3.05) is 0 Å². The quantitative estimate of drug-likeness (QED) is 0.660. The molecule has 1 saturated carbocycles. The Hall–Kier alpha value is -2.91. The van der Waals surface area contributed by atoms with Crippen LogP contribution in [0.1, 0.15) is 34.0 Å². The third-order valence-corrected chi connectivity index (χ3v) is 3.82. The molecular weight excluding hydrogens is 329 g/mol. The fourth-order valence-electron chi connectivity index (χ4n) is 2.60. The van der Waals surface area contributed by atoms with Crippen molar-refractivity contribution in [1.29, 1.82) is 0 Å². The van der Waals surface area contributed by atoms with E-state index in [2.05, 4.69) is 15.5 Å². The molecule has 1 aliphatic rings. The molecule has 24 heavy (non-hydrogen) atoms. The lowest BCUT2D eigenvalue weighted by Gasteiger charge is -2.12. The first-order chi connectivity index (χ1) is 11.3. The summed E-state index contributed by atoms with van der Waals surface area (Å²) in [6.07, 6.45) is -3.24. The Bertz CT molecular complexity index is 803. The van der Waals surface area contributed by atoms with E-state index in [0.29, 0.717) is 6.42 Å². The SMILES string of the molecule is O=C(N[C@H]1C[C@H]1c1ccccc1C(F)(F)F)c1[nH]ncc1[N+](=O)[O-]. The molecule has 1 heterocycles. The van der Waals surface area contributed by atoms with E-state index in [1.807, 2.05) is 0 Å². The van der Waals surface area contributed by atoms with Gasteiger partial charge < -0.3 is 5.32 Å². The van der Waals surface area contributed by atoms with E-state index in [-0.39, 0.29) is 11.3 Å². The Morgan fingerprint density at radius 3 is 2.75 bits per heavy atom. The van der Waals surface area contributed by atoms with E-state index < -0.39 is 40.2 Å². The summed E-state index contributed by atoms with van der Waals surface area (Å²) in [6.45, 7) is 0. The van der Waals surface area contributed by atoms with Crippen molar-refractivity contribution in [1.82, 2.24) is 15.5 Å². The predicted molar refractivity (Wildman–Crippen MR) is 75.3 cm³/mol. The van der Waals surface area contributed by atoms with Gasteiger partial charge in [-0.1, -0.05) is 18.2 Å². The van der Waals surface area contributed by atoms with Crippen LogP contribution < -0.4 is 5.32 Å². The Balaban J connectivity index is 1.74. The zero-order valence-corrected chi connectivity index (χ0v) is 12.0. The van der Waals surface area contributed by atoms with Gasteiger partial charge in [0.1, 0.15) is 6.20 Å². The number of aromatic amines is 1. The average molecular weight is 340 g/mol. The Kier molecular flexibility index (Phi) is 3.74. The summed E-state index contributed by atoms with van der Waals surface area (Å²) in [5, 5.41) is 18.9. The summed E-state index contributed by atoms with van der Waals surface area (Å²) in [7, 11) is 0. The third kappa shape index (κ3) is 2.94. The summed E-state index contributed by atoms with van der Waals surface area (Å²) < 4.78 is 39.0. The minimum Gasteiger partial charge on any atom is -0.347 e. The minimum absolute atomic E-state index is 0.106. The fraction of sp³-hybridized carbons (Fsp3) is 0.286. The first-order valence-electron chi connectivity index (χ1n) is 6.93. The Labute approximate surface area is 133 Å². The van der Waals surface area contributed by atoms with Crippen molar-refractivity contribution in [3.05, 3.63) is 57.4 Å². The maximum absolute atomic E-state index is 13.0. The lowest BCUT2D eigenvalue weighted by molar-refractivity contribution is -0.385. The highest BCUT2D eigenvalue weighted by Gasteiger charge is 2.45. The van der Waals surface area contributed by atoms with E-state index in [1.54, 1.807) is 0 Å². The first-order valence-corrected chi connectivity index (χ1v) is 6.93. The van der Waals surface area contributed by atoms with Gasteiger partial charge in [0, 0.05) is 12.0 Å². The molecule has 10 heteroatoms. The van der Waals surface area contributed by atoms with E-state index in [4.69, 9.17) is 0 Å². The van der Waals surface area contributed by atoms with Gasteiger partial charge in [-0.3, -0.25) is 20.0 Å². The highest BCUT2D eigenvalue weighted by atomic mass is 19.4. The first kappa shape index (κ1) is 16.0. The van der Waals surface area contributed by atoms with Crippen LogP contribution in [0.25, 0.3) is 0 Å². The summed E-state index contributed by atoms with van der Waals surface area (Å²) in [4.78, 5) is 22.0. The Morgan fingerprint density at radius 1 is 1.38 bits per heavy atom. The molecule has 0 spiro atoms. The molecule has 1 amide bonds. The van der Waals surface area contributed by atoms with Gasteiger partial charge in [0.15, 0.2) is 0 Å². The second-order valence-electron chi connectivity index (χ2n) is 5.39. The molecule has 126 valence electrons. The topological polar surface area (TPSA) is 101 Å². The number of alkyl halides is 3. The standard InChI is InChI=1S/C14H11F3N4O3/c15-14(16,17)9-4-2-1-3-7(9)8-5-10(8)19-13(22)12-11(21(23)24)6-18-20-12/h1-4,6,8,10H,5H2,(H,18,20)(H,19,22)/t8-,10-/m0/s1.